The van der Waals surface area contributed by atoms with Crippen molar-refractivity contribution in [2.75, 3.05) is 44.2 Å². The van der Waals surface area contributed by atoms with Crippen molar-refractivity contribution in [1.82, 2.24) is 34.1 Å². The Morgan fingerprint density at radius 3 is 2.50 bits per heavy atom. The lowest BCUT2D eigenvalue weighted by molar-refractivity contribution is -0.137. The van der Waals surface area contributed by atoms with E-state index in [1.165, 1.54) is 32.4 Å². The molecule has 3 aromatic heterocycles. The quantitative estimate of drug-likeness (QED) is 0.450. The van der Waals surface area contributed by atoms with E-state index in [0.717, 1.165) is 62.0 Å². The normalized spacial score (nSPS) is 22.6. The fourth-order valence-corrected chi connectivity index (χ4v) is 6.90. The number of pyridine rings is 1. The molecule has 3 fully saturated rings. The summed E-state index contributed by atoms with van der Waals surface area (Å²) in [6.45, 7) is 8.53. The summed E-state index contributed by atoms with van der Waals surface area (Å²) >= 11 is 0. The lowest BCUT2D eigenvalue weighted by atomic mass is 9.83. The molecule has 2 saturated heterocycles. The fraction of sp³-hybridized carbons (Fsp3) is 0.633. The number of aryl methyl sites for hydroxylation is 1. The number of carbonyl (C=O) groups is 1. The van der Waals surface area contributed by atoms with Gasteiger partial charge in [-0.15, -0.1) is 0 Å². The van der Waals surface area contributed by atoms with Gasteiger partial charge in [0.2, 0.25) is 5.91 Å². The van der Waals surface area contributed by atoms with Crippen LogP contribution in [0, 0.1) is 5.92 Å². The zero-order valence-electron chi connectivity index (χ0n) is 23.7. The molecule has 0 bridgehead atoms. The first kappa shape index (κ1) is 26.9. The highest BCUT2D eigenvalue weighted by molar-refractivity contribution is 5.87. The van der Waals surface area contributed by atoms with E-state index >= 15 is 0 Å². The number of piperazine rings is 1. The van der Waals surface area contributed by atoms with E-state index < -0.39 is 0 Å². The van der Waals surface area contributed by atoms with Crippen molar-refractivity contribution in [3.63, 3.8) is 0 Å². The maximum Gasteiger partial charge on any atom is 0.255 e. The van der Waals surface area contributed by atoms with Crippen LogP contribution < -0.4 is 10.5 Å². The molecule has 6 rings (SSSR count). The van der Waals surface area contributed by atoms with Crippen molar-refractivity contribution in [2.45, 2.75) is 77.4 Å². The summed E-state index contributed by atoms with van der Waals surface area (Å²) in [6, 6.07) is 4.46. The zero-order chi connectivity index (χ0) is 27.5. The molecule has 0 spiro atoms. The first-order valence-corrected chi connectivity index (χ1v) is 15.2. The first-order chi connectivity index (χ1) is 19.6. The molecule has 0 N–H and O–H groups in total. The van der Waals surface area contributed by atoms with Crippen LogP contribution in [0.5, 0.6) is 0 Å². The molecular weight excluding hydrogens is 504 g/mol. The topological polar surface area (TPSA) is 92.4 Å². The monoisotopic (exact) mass is 546 g/mol. The van der Waals surface area contributed by atoms with Gasteiger partial charge in [0.25, 0.3) is 5.56 Å². The highest BCUT2D eigenvalue weighted by atomic mass is 16.2. The van der Waals surface area contributed by atoms with Gasteiger partial charge in [-0.3, -0.25) is 9.59 Å². The molecule has 1 saturated carbocycles. The SMILES string of the molecule is CCCn1cccc(Cn2ncc3c(N4CCN(C(=O)C5CCC(N6CCCCC6)CC5)CC4)ncnc32)c1=O. The Kier molecular flexibility index (Phi) is 8.13. The van der Waals surface area contributed by atoms with Crippen LogP contribution in [0.3, 0.4) is 0 Å². The van der Waals surface area contributed by atoms with Crippen LogP contribution in [-0.2, 0) is 17.9 Å². The predicted octanol–water partition coefficient (Wildman–Crippen LogP) is 3.14. The average molecular weight is 547 g/mol. The van der Waals surface area contributed by atoms with Crippen molar-refractivity contribution in [1.29, 1.82) is 0 Å². The van der Waals surface area contributed by atoms with Gasteiger partial charge < -0.3 is 19.3 Å². The van der Waals surface area contributed by atoms with Crippen LogP contribution >= 0.6 is 0 Å². The maximum absolute atomic E-state index is 13.4. The zero-order valence-corrected chi connectivity index (χ0v) is 23.7. The highest BCUT2D eigenvalue weighted by Crippen LogP contribution is 2.31. The molecule has 10 nitrogen and oxygen atoms in total. The van der Waals surface area contributed by atoms with Crippen molar-refractivity contribution in [2.24, 2.45) is 5.92 Å². The Labute approximate surface area is 236 Å². The van der Waals surface area contributed by atoms with Crippen molar-refractivity contribution >= 4 is 22.8 Å². The maximum atomic E-state index is 13.4. The second-order valence-corrected chi connectivity index (χ2v) is 11.7. The second-order valence-electron chi connectivity index (χ2n) is 11.7. The van der Waals surface area contributed by atoms with E-state index in [1.54, 1.807) is 21.8 Å². The second kappa shape index (κ2) is 12.1. The molecule has 10 heteroatoms. The molecule has 3 aromatic rings. The van der Waals surface area contributed by atoms with Gasteiger partial charge in [-0.2, -0.15) is 5.10 Å². The molecule has 0 unspecified atom stereocenters. The van der Waals surface area contributed by atoms with Crippen molar-refractivity contribution in [3.05, 3.63) is 46.8 Å². The van der Waals surface area contributed by atoms with Crippen LogP contribution in [0.15, 0.2) is 35.6 Å². The van der Waals surface area contributed by atoms with E-state index in [0.29, 0.717) is 43.7 Å². The van der Waals surface area contributed by atoms with Crippen molar-refractivity contribution < 1.29 is 4.79 Å². The molecule has 0 aromatic carbocycles. The number of fused-ring (bicyclic) bond motifs is 1. The van der Waals surface area contributed by atoms with Gasteiger partial charge in [0.05, 0.1) is 18.1 Å². The Bertz CT molecular complexity index is 1360. The molecule has 1 amide bonds. The van der Waals surface area contributed by atoms with Crippen LogP contribution in [0.4, 0.5) is 5.82 Å². The third-order valence-electron chi connectivity index (χ3n) is 9.14. The standard InChI is InChI=1S/C30H42N8O2/c1-2-12-36-15-6-7-24(30(36)40)21-38-28-26(20-33-38)27(31-22-32-28)35-16-18-37(19-17-35)29(39)23-8-10-25(11-9-23)34-13-4-3-5-14-34/h6-7,15,20,22-23,25H,2-5,8-14,16-19,21H2,1H3. The van der Waals surface area contributed by atoms with Crippen LogP contribution in [0.25, 0.3) is 11.0 Å². The van der Waals surface area contributed by atoms with Gasteiger partial charge in [-0.1, -0.05) is 19.4 Å². The number of piperidine rings is 1. The number of nitrogens with zero attached hydrogens (tertiary/aromatic N) is 8. The van der Waals surface area contributed by atoms with E-state index in [-0.39, 0.29) is 11.5 Å². The van der Waals surface area contributed by atoms with Gasteiger partial charge in [0.1, 0.15) is 12.1 Å². The number of amides is 1. The molecule has 0 atom stereocenters. The minimum Gasteiger partial charge on any atom is -0.352 e. The molecule has 0 radical (unpaired) electrons. The number of anilines is 1. The number of carbonyl (C=O) groups excluding carboxylic acids is 1. The molecule has 2 aliphatic heterocycles. The number of aromatic nitrogens is 5. The Hall–Kier alpha value is -3.27. The molecule has 214 valence electrons. The van der Waals surface area contributed by atoms with Crippen LogP contribution in [0.2, 0.25) is 0 Å². The lowest BCUT2D eigenvalue weighted by Gasteiger charge is -2.41. The summed E-state index contributed by atoms with van der Waals surface area (Å²) in [7, 11) is 0. The third-order valence-corrected chi connectivity index (χ3v) is 9.14. The average Bonchev–Trinajstić information content (AvgIpc) is 3.42. The predicted molar refractivity (Wildman–Crippen MR) is 155 cm³/mol. The van der Waals surface area contributed by atoms with Crippen molar-refractivity contribution in [3.8, 4) is 0 Å². The number of likely N-dealkylation sites (tertiary alicyclic amines) is 1. The van der Waals surface area contributed by atoms with E-state index in [1.807, 2.05) is 18.3 Å². The Morgan fingerprint density at radius 1 is 0.975 bits per heavy atom. The van der Waals surface area contributed by atoms with Crippen LogP contribution in [-0.4, -0.2) is 85.3 Å². The third kappa shape index (κ3) is 5.50. The number of hydrogen-bond acceptors (Lipinski definition) is 7. The minimum absolute atomic E-state index is 0.0167. The lowest BCUT2D eigenvalue weighted by Crippen LogP contribution is -2.51. The Morgan fingerprint density at radius 2 is 1.75 bits per heavy atom. The van der Waals surface area contributed by atoms with Gasteiger partial charge in [-0.25, -0.2) is 14.6 Å². The number of rotatable bonds is 7. The summed E-state index contributed by atoms with van der Waals surface area (Å²) in [5.41, 5.74) is 1.43. The molecular formula is C30H42N8O2. The summed E-state index contributed by atoms with van der Waals surface area (Å²) in [4.78, 5) is 42.4. The fourth-order valence-electron chi connectivity index (χ4n) is 6.90. The largest absolute Gasteiger partial charge is 0.352 e. The van der Waals surface area contributed by atoms with Gasteiger partial charge in [-0.05, 0) is 64.1 Å². The van der Waals surface area contributed by atoms with Gasteiger partial charge >= 0.3 is 0 Å². The summed E-state index contributed by atoms with van der Waals surface area (Å²) < 4.78 is 3.54. The minimum atomic E-state index is 0.0167. The van der Waals surface area contributed by atoms with E-state index in [2.05, 4.69) is 36.7 Å². The Balaban J connectivity index is 1.07. The smallest absolute Gasteiger partial charge is 0.255 e. The van der Waals surface area contributed by atoms with E-state index in [9.17, 15) is 9.59 Å². The number of hydrogen-bond donors (Lipinski definition) is 0. The highest BCUT2D eigenvalue weighted by Gasteiger charge is 2.33. The molecule has 5 heterocycles. The first-order valence-electron chi connectivity index (χ1n) is 15.2. The van der Waals surface area contributed by atoms with Gasteiger partial charge in [0, 0.05) is 56.4 Å². The van der Waals surface area contributed by atoms with Crippen LogP contribution in [0.1, 0.15) is 63.9 Å². The molecule has 3 aliphatic rings. The molecule has 40 heavy (non-hydrogen) atoms. The van der Waals surface area contributed by atoms with Gasteiger partial charge in [0.15, 0.2) is 5.65 Å². The summed E-state index contributed by atoms with van der Waals surface area (Å²) in [5, 5.41) is 5.46. The van der Waals surface area contributed by atoms with E-state index in [4.69, 9.17) is 0 Å². The summed E-state index contributed by atoms with van der Waals surface area (Å²) in [6.07, 6.45) is 14.5. The summed E-state index contributed by atoms with van der Waals surface area (Å²) in [5.74, 6) is 1.37. The molecule has 1 aliphatic carbocycles.